The van der Waals surface area contributed by atoms with E-state index in [1.807, 2.05) is 6.92 Å². The summed E-state index contributed by atoms with van der Waals surface area (Å²) in [7, 11) is 0. The summed E-state index contributed by atoms with van der Waals surface area (Å²) in [6.07, 6.45) is 5.20. The van der Waals surface area contributed by atoms with E-state index in [2.05, 4.69) is 6.92 Å². The van der Waals surface area contributed by atoms with Gasteiger partial charge in [0, 0.05) is 12.8 Å². The van der Waals surface area contributed by atoms with Crippen molar-refractivity contribution in [3.8, 4) is 0 Å². The van der Waals surface area contributed by atoms with Gasteiger partial charge < -0.3 is 5.73 Å². The average Bonchev–Trinajstić information content (AvgIpc) is 2.40. The Labute approximate surface area is 121 Å². The Morgan fingerprint density at radius 2 is 2.05 bits per heavy atom. The van der Waals surface area contributed by atoms with Crippen molar-refractivity contribution in [2.24, 2.45) is 11.7 Å². The molecule has 1 atom stereocenters. The number of halogens is 1. The molecule has 0 saturated carbocycles. The first-order chi connectivity index (χ1) is 9.56. The first kappa shape index (κ1) is 16.8. The highest BCUT2D eigenvalue weighted by molar-refractivity contribution is 5.81. The van der Waals surface area contributed by atoms with Gasteiger partial charge in [-0.1, -0.05) is 25.8 Å². The number of nitrogens with two attached hydrogens (primary N) is 1. The Morgan fingerprint density at radius 3 is 2.65 bits per heavy atom. The van der Waals surface area contributed by atoms with Gasteiger partial charge in [-0.15, -0.1) is 0 Å². The number of aryl methyl sites for hydroxylation is 1. The average molecular weight is 279 g/mol. The lowest BCUT2D eigenvalue weighted by Gasteiger charge is -2.14. The molecule has 0 saturated heterocycles. The molecule has 1 aromatic carbocycles. The van der Waals surface area contributed by atoms with Crippen molar-refractivity contribution in [1.82, 2.24) is 0 Å². The molecule has 1 aromatic rings. The van der Waals surface area contributed by atoms with Gasteiger partial charge in [0.1, 0.15) is 11.6 Å². The van der Waals surface area contributed by atoms with Crippen LogP contribution in [0.15, 0.2) is 18.2 Å². The molecular formula is C17H26FNO. The normalized spacial score (nSPS) is 12.4. The summed E-state index contributed by atoms with van der Waals surface area (Å²) in [4.78, 5) is 12.0. The van der Waals surface area contributed by atoms with E-state index in [0.717, 1.165) is 36.8 Å². The summed E-state index contributed by atoms with van der Waals surface area (Å²) in [6, 6.07) is 4.62. The van der Waals surface area contributed by atoms with E-state index in [1.165, 1.54) is 12.1 Å². The minimum atomic E-state index is -0.246. The van der Waals surface area contributed by atoms with Gasteiger partial charge in [0.05, 0.1) is 0 Å². The standard InChI is InChI=1S/C17H26FNO/c1-3-4-14(9-10-19)5-8-17(20)12-15-6-7-16(18)11-13(15)2/h6-7,11,14H,3-5,8-10,12,19H2,1-2H3. The van der Waals surface area contributed by atoms with Crippen molar-refractivity contribution in [3.05, 3.63) is 35.1 Å². The monoisotopic (exact) mass is 279 g/mol. The molecular weight excluding hydrogens is 253 g/mol. The second-order valence-corrected chi connectivity index (χ2v) is 5.56. The third-order valence-corrected chi connectivity index (χ3v) is 3.80. The van der Waals surface area contributed by atoms with Gasteiger partial charge in [0.25, 0.3) is 0 Å². The van der Waals surface area contributed by atoms with Crippen molar-refractivity contribution in [2.45, 2.75) is 52.4 Å². The van der Waals surface area contributed by atoms with E-state index in [4.69, 9.17) is 5.73 Å². The molecule has 0 heterocycles. The highest BCUT2D eigenvalue weighted by Crippen LogP contribution is 2.18. The van der Waals surface area contributed by atoms with Crippen LogP contribution in [0.4, 0.5) is 4.39 Å². The molecule has 0 bridgehead atoms. The molecule has 0 spiro atoms. The maximum absolute atomic E-state index is 13.0. The van der Waals surface area contributed by atoms with Crippen LogP contribution in [0, 0.1) is 18.7 Å². The zero-order valence-corrected chi connectivity index (χ0v) is 12.6. The number of carbonyl (C=O) groups is 1. The van der Waals surface area contributed by atoms with Crippen LogP contribution in [-0.2, 0) is 11.2 Å². The van der Waals surface area contributed by atoms with Crippen molar-refractivity contribution in [3.63, 3.8) is 0 Å². The van der Waals surface area contributed by atoms with E-state index >= 15 is 0 Å². The summed E-state index contributed by atoms with van der Waals surface area (Å²) in [5.74, 6) is 0.547. The molecule has 0 aliphatic heterocycles. The van der Waals surface area contributed by atoms with E-state index in [9.17, 15) is 9.18 Å². The van der Waals surface area contributed by atoms with Gasteiger partial charge in [-0.3, -0.25) is 4.79 Å². The van der Waals surface area contributed by atoms with Gasteiger partial charge in [0.2, 0.25) is 0 Å². The number of benzene rings is 1. The lowest BCUT2D eigenvalue weighted by atomic mass is 9.92. The van der Waals surface area contributed by atoms with Crippen LogP contribution in [0.1, 0.15) is 50.2 Å². The molecule has 0 aliphatic rings. The van der Waals surface area contributed by atoms with Crippen LogP contribution >= 0.6 is 0 Å². The number of carbonyl (C=O) groups excluding carboxylic acids is 1. The molecule has 0 aromatic heterocycles. The van der Waals surface area contributed by atoms with E-state index < -0.39 is 0 Å². The fourth-order valence-corrected chi connectivity index (χ4v) is 2.60. The zero-order valence-electron chi connectivity index (χ0n) is 12.6. The van der Waals surface area contributed by atoms with Crippen LogP contribution in [0.3, 0.4) is 0 Å². The molecule has 0 aliphatic carbocycles. The van der Waals surface area contributed by atoms with Crippen molar-refractivity contribution in [2.75, 3.05) is 6.54 Å². The van der Waals surface area contributed by atoms with Gasteiger partial charge in [-0.05, 0) is 55.5 Å². The third kappa shape index (κ3) is 5.83. The van der Waals surface area contributed by atoms with E-state index in [-0.39, 0.29) is 11.6 Å². The number of hydrogen-bond acceptors (Lipinski definition) is 2. The molecule has 20 heavy (non-hydrogen) atoms. The van der Waals surface area contributed by atoms with Crippen LogP contribution in [0.25, 0.3) is 0 Å². The first-order valence-corrected chi connectivity index (χ1v) is 7.53. The third-order valence-electron chi connectivity index (χ3n) is 3.80. The summed E-state index contributed by atoms with van der Waals surface area (Å²) in [5, 5.41) is 0. The first-order valence-electron chi connectivity index (χ1n) is 7.53. The van der Waals surface area contributed by atoms with Crippen LogP contribution in [0.5, 0.6) is 0 Å². The Bertz CT molecular complexity index is 425. The Morgan fingerprint density at radius 1 is 1.30 bits per heavy atom. The van der Waals surface area contributed by atoms with Gasteiger partial charge in [0.15, 0.2) is 0 Å². The molecule has 2 N–H and O–H groups in total. The predicted octanol–water partition coefficient (Wildman–Crippen LogP) is 3.79. The molecule has 0 fully saturated rings. The minimum Gasteiger partial charge on any atom is -0.330 e. The molecule has 3 heteroatoms. The molecule has 1 rings (SSSR count). The number of ketones is 1. The predicted molar refractivity (Wildman–Crippen MR) is 81.2 cm³/mol. The molecule has 0 radical (unpaired) electrons. The number of rotatable bonds is 9. The lowest BCUT2D eigenvalue weighted by molar-refractivity contribution is -0.118. The minimum absolute atomic E-state index is 0.234. The van der Waals surface area contributed by atoms with Crippen molar-refractivity contribution in [1.29, 1.82) is 0 Å². The van der Waals surface area contributed by atoms with Crippen molar-refractivity contribution >= 4 is 5.78 Å². The lowest BCUT2D eigenvalue weighted by Crippen LogP contribution is -2.12. The second kappa shape index (κ2) is 8.85. The Kier molecular flexibility index (Phi) is 7.45. The smallest absolute Gasteiger partial charge is 0.137 e. The largest absolute Gasteiger partial charge is 0.330 e. The number of hydrogen-bond donors (Lipinski definition) is 1. The van der Waals surface area contributed by atoms with Crippen LogP contribution in [-0.4, -0.2) is 12.3 Å². The molecule has 1 unspecified atom stereocenters. The maximum atomic E-state index is 13.0. The van der Waals surface area contributed by atoms with Gasteiger partial charge in [-0.2, -0.15) is 0 Å². The zero-order chi connectivity index (χ0) is 15.0. The summed E-state index contributed by atoms with van der Waals surface area (Å²) >= 11 is 0. The molecule has 112 valence electrons. The molecule has 2 nitrogen and oxygen atoms in total. The van der Waals surface area contributed by atoms with Crippen LogP contribution < -0.4 is 5.73 Å². The van der Waals surface area contributed by atoms with Crippen molar-refractivity contribution < 1.29 is 9.18 Å². The summed E-state index contributed by atoms with van der Waals surface area (Å²) in [6.45, 7) is 4.70. The fourth-order valence-electron chi connectivity index (χ4n) is 2.60. The SMILES string of the molecule is CCCC(CCN)CCC(=O)Cc1ccc(F)cc1C. The second-order valence-electron chi connectivity index (χ2n) is 5.56. The fraction of sp³-hybridized carbons (Fsp3) is 0.588. The molecule has 0 amide bonds. The quantitative estimate of drug-likeness (QED) is 0.747. The van der Waals surface area contributed by atoms with Gasteiger partial charge in [-0.25, -0.2) is 4.39 Å². The number of Topliss-reactive ketones (excluding diaryl/α,β-unsaturated/α-hetero) is 1. The Balaban J connectivity index is 2.46. The topological polar surface area (TPSA) is 43.1 Å². The highest BCUT2D eigenvalue weighted by Gasteiger charge is 2.11. The maximum Gasteiger partial charge on any atom is 0.137 e. The van der Waals surface area contributed by atoms with E-state index in [1.54, 1.807) is 6.07 Å². The summed E-state index contributed by atoms with van der Waals surface area (Å²) in [5.41, 5.74) is 7.39. The summed E-state index contributed by atoms with van der Waals surface area (Å²) < 4.78 is 13.0. The van der Waals surface area contributed by atoms with E-state index in [0.29, 0.717) is 25.3 Å². The highest BCUT2D eigenvalue weighted by atomic mass is 19.1. The van der Waals surface area contributed by atoms with Crippen LogP contribution in [0.2, 0.25) is 0 Å². The van der Waals surface area contributed by atoms with Gasteiger partial charge >= 0.3 is 0 Å². The Hall–Kier alpha value is -1.22.